The quantitative estimate of drug-likeness (QED) is 0.813. The number of benzene rings is 1. The number of carboxylic acids is 1. The number of hydrogen-bond donors (Lipinski definition) is 1. The molecule has 0 spiro atoms. The average molecular weight is 258 g/mol. The van der Waals surface area contributed by atoms with Crippen LogP contribution in [0.1, 0.15) is 5.56 Å². The van der Waals surface area contributed by atoms with E-state index in [9.17, 15) is 13.2 Å². The van der Waals surface area contributed by atoms with Gasteiger partial charge in [-0.05, 0) is 24.1 Å². The maximum absolute atomic E-state index is 11.4. The molecule has 1 N–H and O–H groups in total. The lowest BCUT2D eigenvalue weighted by atomic mass is 10.2. The van der Waals surface area contributed by atoms with Crippen molar-refractivity contribution in [2.45, 2.75) is 6.42 Å². The average Bonchev–Trinajstić information content (AvgIpc) is 2.25. The van der Waals surface area contributed by atoms with Gasteiger partial charge >= 0.3 is 5.97 Å². The highest BCUT2D eigenvalue weighted by Crippen LogP contribution is 2.13. The number of methoxy groups -OCH3 is 1. The van der Waals surface area contributed by atoms with Crippen molar-refractivity contribution >= 4 is 15.8 Å². The molecule has 0 saturated heterocycles. The summed E-state index contributed by atoms with van der Waals surface area (Å²) in [4.78, 5) is 10.3. The molecule has 17 heavy (non-hydrogen) atoms. The molecule has 1 aromatic rings. The van der Waals surface area contributed by atoms with Gasteiger partial charge in [0.1, 0.15) is 11.5 Å². The fourth-order valence-corrected chi connectivity index (χ4v) is 2.43. The minimum Gasteiger partial charge on any atom is -0.497 e. The van der Waals surface area contributed by atoms with Gasteiger partial charge in [-0.25, -0.2) is 8.42 Å². The van der Waals surface area contributed by atoms with Gasteiger partial charge < -0.3 is 9.84 Å². The van der Waals surface area contributed by atoms with E-state index >= 15 is 0 Å². The zero-order valence-electron chi connectivity index (χ0n) is 9.42. The summed E-state index contributed by atoms with van der Waals surface area (Å²) in [6, 6.07) is 7.03. The van der Waals surface area contributed by atoms with Crippen molar-refractivity contribution < 1.29 is 23.1 Å². The Labute approximate surface area is 100.0 Å². The van der Waals surface area contributed by atoms with Gasteiger partial charge in [-0.15, -0.1) is 0 Å². The topological polar surface area (TPSA) is 80.7 Å². The minimum atomic E-state index is -3.54. The van der Waals surface area contributed by atoms with Crippen molar-refractivity contribution in [1.29, 1.82) is 0 Å². The summed E-state index contributed by atoms with van der Waals surface area (Å²) in [5, 5.41) is 8.43. The molecule has 0 aliphatic heterocycles. The Morgan fingerprint density at radius 2 is 2.12 bits per heavy atom. The van der Waals surface area contributed by atoms with Crippen molar-refractivity contribution in [2.75, 3.05) is 18.6 Å². The molecule has 0 atom stereocenters. The van der Waals surface area contributed by atoms with Crippen molar-refractivity contribution in [1.82, 2.24) is 0 Å². The third-order valence-corrected chi connectivity index (χ3v) is 3.69. The number of carbonyl (C=O) groups is 1. The van der Waals surface area contributed by atoms with Crippen molar-refractivity contribution in [3.63, 3.8) is 0 Å². The van der Waals surface area contributed by atoms with Crippen LogP contribution in [-0.4, -0.2) is 38.1 Å². The van der Waals surface area contributed by atoms with Crippen molar-refractivity contribution in [3.8, 4) is 5.75 Å². The normalized spacial score (nSPS) is 11.1. The van der Waals surface area contributed by atoms with Crippen molar-refractivity contribution in [3.05, 3.63) is 29.8 Å². The third kappa shape index (κ3) is 4.86. The Balaban J connectivity index is 2.64. The Kier molecular flexibility index (Phi) is 4.51. The summed E-state index contributed by atoms with van der Waals surface area (Å²) in [5.74, 6) is -1.67. The Morgan fingerprint density at radius 1 is 1.41 bits per heavy atom. The molecule has 0 saturated carbocycles. The van der Waals surface area contributed by atoms with Gasteiger partial charge in [-0.2, -0.15) is 0 Å². The number of rotatable bonds is 6. The molecule has 0 aliphatic rings. The van der Waals surface area contributed by atoms with Crippen LogP contribution in [-0.2, 0) is 21.1 Å². The predicted molar refractivity (Wildman–Crippen MR) is 63.0 cm³/mol. The van der Waals surface area contributed by atoms with Crippen LogP contribution in [0.3, 0.4) is 0 Å². The van der Waals surface area contributed by atoms with Crippen LogP contribution >= 0.6 is 0 Å². The molecule has 94 valence electrons. The first-order valence-corrected chi connectivity index (χ1v) is 6.80. The lowest BCUT2D eigenvalue weighted by Crippen LogP contribution is -2.19. The first-order valence-electron chi connectivity index (χ1n) is 4.98. The zero-order valence-corrected chi connectivity index (χ0v) is 10.2. The molecule has 0 bridgehead atoms. The molecule has 0 unspecified atom stereocenters. The van der Waals surface area contributed by atoms with Crippen LogP contribution in [0.2, 0.25) is 0 Å². The second-order valence-corrected chi connectivity index (χ2v) is 5.77. The Morgan fingerprint density at radius 3 is 2.71 bits per heavy atom. The summed E-state index contributed by atoms with van der Waals surface area (Å²) in [7, 11) is -2.01. The van der Waals surface area contributed by atoms with E-state index in [4.69, 9.17) is 9.84 Å². The number of carboxylic acid groups (broad SMARTS) is 1. The van der Waals surface area contributed by atoms with E-state index < -0.39 is 21.6 Å². The minimum absolute atomic E-state index is 0.174. The van der Waals surface area contributed by atoms with E-state index in [-0.39, 0.29) is 12.2 Å². The maximum Gasteiger partial charge on any atom is 0.318 e. The number of sulfone groups is 1. The van der Waals surface area contributed by atoms with Gasteiger partial charge in [0.2, 0.25) is 0 Å². The highest BCUT2D eigenvalue weighted by Gasteiger charge is 2.15. The molecule has 0 fully saturated rings. The van der Waals surface area contributed by atoms with Crippen LogP contribution < -0.4 is 4.74 Å². The molecule has 5 nitrogen and oxygen atoms in total. The van der Waals surface area contributed by atoms with Crippen LogP contribution in [0.5, 0.6) is 5.75 Å². The highest BCUT2D eigenvalue weighted by atomic mass is 32.2. The van der Waals surface area contributed by atoms with Gasteiger partial charge in [0.15, 0.2) is 9.84 Å². The Hall–Kier alpha value is -1.56. The molecule has 0 aromatic heterocycles. The third-order valence-electron chi connectivity index (χ3n) is 2.18. The second kappa shape index (κ2) is 5.67. The molecule has 1 aromatic carbocycles. The summed E-state index contributed by atoms with van der Waals surface area (Å²) < 4.78 is 27.7. The van der Waals surface area contributed by atoms with E-state index in [0.29, 0.717) is 5.75 Å². The molecular formula is C11H14O5S. The summed E-state index contributed by atoms with van der Waals surface area (Å²) in [6.07, 6.45) is 0.285. The number of aryl methyl sites for hydroxylation is 1. The number of aliphatic carboxylic acids is 1. The fourth-order valence-electron chi connectivity index (χ4n) is 1.36. The van der Waals surface area contributed by atoms with Crippen molar-refractivity contribution in [2.24, 2.45) is 0 Å². The smallest absolute Gasteiger partial charge is 0.318 e. The van der Waals surface area contributed by atoms with Crippen LogP contribution in [0.25, 0.3) is 0 Å². The van der Waals surface area contributed by atoms with E-state index in [1.807, 2.05) is 0 Å². The molecule has 0 amide bonds. The Bertz CT molecular complexity index is 492. The molecule has 6 heteroatoms. The second-order valence-electron chi connectivity index (χ2n) is 3.59. The van der Waals surface area contributed by atoms with Crippen LogP contribution in [0, 0.1) is 0 Å². The van der Waals surface area contributed by atoms with Gasteiger partial charge in [0.05, 0.1) is 12.9 Å². The van der Waals surface area contributed by atoms with E-state index in [1.165, 1.54) is 7.11 Å². The monoisotopic (exact) mass is 258 g/mol. The zero-order chi connectivity index (χ0) is 12.9. The van der Waals surface area contributed by atoms with Gasteiger partial charge in [-0.1, -0.05) is 12.1 Å². The SMILES string of the molecule is COc1cccc(CCS(=O)(=O)CC(=O)O)c1. The van der Waals surface area contributed by atoms with E-state index in [2.05, 4.69) is 0 Å². The predicted octanol–water partition coefficient (Wildman–Crippen LogP) is 0.737. The molecular weight excluding hydrogens is 244 g/mol. The highest BCUT2D eigenvalue weighted by molar-refractivity contribution is 7.92. The summed E-state index contributed by atoms with van der Waals surface area (Å²) in [6.45, 7) is 0. The molecule has 0 radical (unpaired) electrons. The van der Waals surface area contributed by atoms with E-state index in [0.717, 1.165) is 5.56 Å². The number of ether oxygens (including phenoxy) is 1. The molecule has 0 heterocycles. The lowest BCUT2D eigenvalue weighted by molar-refractivity contribution is -0.134. The summed E-state index contributed by atoms with van der Waals surface area (Å²) in [5.41, 5.74) is 0.804. The van der Waals surface area contributed by atoms with Crippen LogP contribution in [0.15, 0.2) is 24.3 Å². The summed E-state index contributed by atoms with van der Waals surface area (Å²) >= 11 is 0. The largest absolute Gasteiger partial charge is 0.497 e. The van der Waals surface area contributed by atoms with Gasteiger partial charge in [-0.3, -0.25) is 4.79 Å². The molecule has 0 aliphatic carbocycles. The lowest BCUT2D eigenvalue weighted by Gasteiger charge is -2.04. The number of hydrogen-bond acceptors (Lipinski definition) is 4. The van der Waals surface area contributed by atoms with Crippen LogP contribution in [0.4, 0.5) is 0 Å². The van der Waals surface area contributed by atoms with Gasteiger partial charge in [0.25, 0.3) is 0 Å². The van der Waals surface area contributed by atoms with E-state index in [1.54, 1.807) is 24.3 Å². The van der Waals surface area contributed by atoms with Gasteiger partial charge in [0, 0.05) is 0 Å². The first-order chi connectivity index (χ1) is 7.93. The maximum atomic E-state index is 11.4. The molecule has 1 rings (SSSR count). The fraction of sp³-hybridized carbons (Fsp3) is 0.364. The first kappa shape index (κ1) is 13.5. The standard InChI is InChI=1S/C11H14O5S/c1-16-10-4-2-3-9(7-10)5-6-17(14,15)8-11(12)13/h2-4,7H,5-6,8H2,1H3,(H,12,13).